The lowest BCUT2D eigenvalue weighted by atomic mass is 10.1. The maximum absolute atomic E-state index is 12.8. The highest BCUT2D eigenvalue weighted by Crippen LogP contribution is 2.19. The van der Waals surface area contributed by atoms with Crippen LogP contribution in [0, 0.1) is 5.82 Å². The van der Waals surface area contributed by atoms with Crippen molar-refractivity contribution in [2.45, 2.75) is 19.5 Å². The van der Waals surface area contributed by atoms with E-state index in [1.165, 1.54) is 12.1 Å². The number of halogens is 2. The number of furan rings is 1. The minimum atomic E-state index is -0.213. The first-order valence-electron chi connectivity index (χ1n) is 5.37. The molecule has 0 aliphatic heterocycles. The van der Waals surface area contributed by atoms with E-state index in [2.05, 4.69) is 21.2 Å². The van der Waals surface area contributed by atoms with Crippen LogP contribution >= 0.6 is 15.9 Å². The molecular formula is C13H13BrFNO. The number of nitrogens with one attached hydrogen (secondary N) is 1. The Bertz CT molecular complexity index is 480. The Balaban J connectivity index is 1.95. The Hall–Kier alpha value is -1.13. The number of benzene rings is 1. The van der Waals surface area contributed by atoms with Gasteiger partial charge in [-0.3, -0.25) is 0 Å². The number of rotatable bonds is 4. The summed E-state index contributed by atoms with van der Waals surface area (Å²) in [5.74, 6) is 0.647. The van der Waals surface area contributed by atoms with Crippen molar-refractivity contribution >= 4 is 15.9 Å². The second-order valence-corrected chi connectivity index (χ2v) is 4.70. The second kappa shape index (κ2) is 5.47. The maximum atomic E-state index is 12.8. The van der Waals surface area contributed by atoms with Crippen molar-refractivity contribution < 1.29 is 8.81 Å². The summed E-state index contributed by atoms with van der Waals surface area (Å²) >= 11 is 3.40. The fourth-order valence-electron chi connectivity index (χ4n) is 1.57. The first-order chi connectivity index (χ1) is 8.16. The van der Waals surface area contributed by atoms with Gasteiger partial charge in [-0.1, -0.05) is 12.1 Å². The molecule has 1 heterocycles. The average Bonchev–Trinajstić information content (AvgIpc) is 2.73. The standard InChI is InChI=1S/C13H13BrFNO/c1-9(10-2-4-11(15)5-3-10)16-8-13-12(14)6-7-17-13/h2-7,9,16H,8H2,1H3. The van der Waals surface area contributed by atoms with E-state index >= 15 is 0 Å². The minimum Gasteiger partial charge on any atom is -0.467 e. The van der Waals surface area contributed by atoms with Gasteiger partial charge in [-0.25, -0.2) is 4.39 Å². The monoisotopic (exact) mass is 297 g/mol. The highest BCUT2D eigenvalue weighted by Gasteiger charge is 2.08. The zero-order valence-corrected chi connectivity index (χ0v) is 11.0. The largest absolute Gasteiger partial charge is 0.467 e. The molecule has 0 saturated heterocycles. The van der Waals surface area contributed by atoms with Gasteiger partial charge in [0.2, 0.25) is 0 Å². The van der Waals surface area contributed by atoms with Gasteiger partial charge in [0.1, 0.15) is 11.6 Å². The van der Waals surface area contributed by atoms with Gasteiger partial charge in [0, 0.05) is 6.04 Å². The molecule has 90 valence electrons. The molecule has 4 heteroatoms. The third-order valence-electron chi connectivity index (χ3n) is 2.63. The fourth-order valence-corrected chi connectivity index (χ4v) is 1.91. The lowest BCUT2D eigenvalue weighted by molar-refractivity contribution is 0.458. The Morgan fingerprint density at radius 1 is 1.29 bits per heavy atom. The van der Waals surface area contributed by atoms with Crippen LogP contribution in [0.1, 0.15) is 24.3 Å². The Kier molecular flexibility index (Phi) is 3.97. The van der Waals surface area contributed by atoms with Gasteiger partial charge < -0.3 is 9.73 Å². The first kappa shape index (κ1) is 12.3. The summed E-state index contributed by atoms with van der Waals surface area (Å²) in [5, 5.41) is 3.32. The van der Waals surface area contributed by atoms with Crippen LogP contribution < -0.4 is 5.32 Å². The molecule has 1 atom stereocenters. The minimum absolute atomic E-state index is 0.146. The Morgan fingerprint density at radius 3 is 2.59 bits per heavy atom. The van der Waals surface area contributed by atoms with E-state index in [0.717, 1.165) is 15.8 Å². The van der Waals surface area contributed by atoms with Gasteiger partial charge in [0.15, 0.2) is 0 Å². The highest BCUT2D eigenvalue weighted by atomic mass is 79.9. The molecule has 1 aromatic heterocycles. The molecule has 1 N–H and O–H groups in total. The number of hydrogen-bond acceptors (Lipinski definition) is 2. The lowest BCUT2D eigenvalue weighted by Gasteiger charge is -2.13. The summed E-state index contributed by atoms with van der Waals surface area (Å²) in [4.78, 5) is 0. The summed E-state index contributed by atoms with van der Waals surface area (Å²) < 4.78 is 19.0. The molecule has 0 aliphatic rings. The summed E-state index contributed by atoms with van der Waals surface area (Å²) in [7, 11) is 0. The van der Waals surface area contributed by atoms with Crippen LogP contribution in [0.25, 0.3) is 0 Å². The van der Waals surface area contributed by atoms with Gasteiger partial charge in [-0.2, -0.15) is 0 Å². The molecule has 0 amide bonds. The molecule has 1 aromatic carbocycles. The normalized spacial score (nSPS) is 12.6. The van der Waals surface area contributed by atoms with Crippen LogP contribution in [-0.2, 0) is 6.54 Å². The molecular weight excluding hydrogens is 285 g/mol. The van der Waals surface area contributed by atoms with E-state index in [0.29, 0.717) is 6.54 Å². The SMILES string of the molecule is CC(NCc1occc1Br)c1ccc(F)cc1. The van der Waals surface area contributed by atoms with Crippen LogP contribution in [0.5, 0.6) is 0 Å². The maximum Gasteiger partial charge on any atom is 0.131 e. The van der Waals surface area contributed by atoms with Crippen LogP contribution in [0.3, 0.4) is 0 Å². The van der Waals surface area contributed by atoms with Crippen LogP contribution in [-0.4, -0.2) is 0 Å². The predicted molar refractivity (Wildman–Crippen MR) is 68.1 cm³/mol. The molecule has 0 spiro atoms. The van der Waals surface area contributed by atoms with Gasteiger partial charge in [-0.05, 0) is 46.6 Å². The molecule has 1 unspecified atom stereocenters. The van der Waals surface area contributed by atoms with Gasteiger partial charge in [0.25, 0.3) is 0 Å². The quantitative estimate of drug-likeness (QED) is 0.922. The van der Waals surface area contributed by atoms with Crippen molar-refractivity contribution in [2.75, 3.05) is 0 Å². The van der Waals surface area contributed by atoms with Crippen molar-refractivity contribution in [3.8, 4) is 0 Å². The molecule has 2 rings (SSSR count). The Morgan fingerprint density at radius 2 is 2.00 bits per heavy atom. The lowest BCUT2D eigenvalue weighted by Crippen LogP contribution is -2.17. The summed E-state index contributed by atoms with van der Waals surface area (Å²) in [6.07, 6.45) is 1.64. The van der Waals surface area contributed by atoms with E-state index in [9.17, 15) is 4.39 Å². The molecule has 2 nitrogen and oxygen atoms in total. The molecule has 2 aromatic rings. The van der Waals surface area contributed by atoms with E-state index in [1.807, 2.05) is 13.0 Å². The van der Waals surface area contributed by atoms with Crippen LogP contribution in [0.4, 0.5) is 4.39 Å². The summed E-state index contributed by atoms with van der Waals surface area (Å²) in [6, 6.07) is 8.51. The predicted octanol–water partition coefficient (Wildman–Crippen LogP) is 4.03. The fraction of sp³-hybridized carbons (Fsp3) is 0.231. The molecule has 0 bridgehead atoms. The number of hydrogen-bond donors (Lipinski definition) is 1. The van der Waals surface area contributed by atoms with Crippen molar-refractivity contribution in [2.24, 2.45) is 0 Å². The van der Waals surface area contributed by atoms with Gasteiger partial charge in [-0.15, -0.1) is 0 Å². The van der Waals surface area contributed by atoms with E-state index < -0.39 is 0 Å². The molecule has 0 aliphatic carbocycles. The molecule has 0 radical (unpaired) electrons. The summed E-state index contributed by atoms with van der Waals surface area (Å²) in [6.45, 7) is 2.66. The average molecular weight is 298 g/mol. The molecule has 0 fully saturated rings. The van der Waals surface area contributed by atoms with E-state index in [-0.39, 0.29) is 11.9 Å². The first-order valence-corrected chi connectivity index (χ1v) is 6.17. The van der Waals surface area contributed by atoms with Crippen molar-refractivity contribution in [1.82, 2.24) is 5.32 Å². The third kappa shape index (κ3) is 3.17. The van der Waals surface area contributed by atoms with Crippen LogP contribution in [0.15, 0.2) is 45.5 Å². The van der Waals surface area contributed by atoms with Crippen LogP contribution in [0.2, 0.25) is 0 Å². The van der Waals surface area contributed by atoms with Gasteiger partial charge >= 0.3 is 0 Å². The molecule has 17 heavy (non-hydrogen) atoms. The third-order valence-corrected chi connectivity index (χ3v) is 3.34. The smallest absolute Gasteiger partial charge is 0.131 e. The zero-order chi connectivity index (χ0) is 12.3. The molecule has 0 saturated carbocycles. The van der Waals surface area contributed by atoms with Crippen molar-refractivity contribution in [3.63, 3.8) is 0 Å². The topological polar surface area (TPSA) is 25.2 Å². The second-order valence-electron chi connectivity index (χ2n) is 3.85. The highest BCUT2D eigenvalue weighted by molar-refractivity contribution is 9.10. The van der Waals surface area contributed by atoms with Crippen molar-refractivity contribution in [1.29, 1.82) is 0 Å². The zero-order valence-electron chi connectivity index (χ0n) is 9.41. The van der Waals surface area contributed by atoms with Crippen molar-refractivity contribution in [3.05, 3.63) is 58.2 Å². The van der Waals surface area contributed by atoms with Gasteiger partial charge in [0.05, 0.1) is 17.3 Å². The van der Waals surface area contributed by atoms with E-state index in [1.54, 1.807) is 18.4 Å². The van der Waals surface area contributed by atoms with E-state index in [4.69, 9.17) is 4.42 Å². The summed E-state index contributed by atoms with van der Waals surface area (Å²) in [5.41, 5.74) is 1.05. The Labute approximate surface area is 108 Å².